The number of methoxy groups -OCH3 is 1. The molecule has 2 rings (SSSR count). The van der Waals surface area contributed by atoms with Gasteiger partial charge < -0.3 is 15.2 Å². The molecule has 104 valence electrons. The highest BCUT2D eigenvalue weighted by molar-refractivity contribution is 6.30. The number of carbonyl (C=O) groups excluding carboxylic acids is 1. The first-order valence-corrected chi connectivity index (χ1v) is 6.19. The average molecular weight is 293 g/mol. The van der Waals surface area contributed by atoms with Crippen LogP contribution in [0.1, 0.15) is 15.9 Å². The second-order valence-electron chi connectivity index (χ2n) is 4.02. The van der Waals surface area contributed by atoms with E-state index in [1.165, 1.54) is 13.3 Å². The topological polar surface area (TPSA) is 74.4 Å². The molecule has 0 fully saturated rings. The number of esters is 1. The van der Waals surface area contributed by atoms with Crippen LogP contribution in [0.25, 0.3) is 0 Å². The third kappa shape index (κ3) is 3.39. The number of nitrogens with two attached hydrogens (primary N) is 1. The van der Waals surface area contributed by atoms with Gasteiger partial charge in [0.1, 0.15) is 6.61 Å². The SMILES string of the molecule is COC(=O)c1cccc(COc2cc(Cl)cnc2N)c1. The smallest absolute Gasteiger partial charge is 0.337 e. The highest BCUT2D eigenvalue weighted by Gasteiger charge is 2.07. The van der Waals surface area contributed by atoms with Crippen molar-refractivity contribution < 1.29 is 14.3 Å². The number of nitrogens with zero attached hydrogens (tertiary/aromatic N) is 1. The molecule has 1 aromatic heterocycles. The van der Waals surface area contributed by atoms with E-state index in [4.69, 9.17) is 22.1 Å². The lowest BCUT2D eigenvalue weighted by atomic mass is 10.1. The second-order valence-corrected chi connectivity index (χ2v) is 4.45. The van der Waals surface area contributed by atoms with Crippen LogP contribution < -0.4 is 10.5 Å². The molecule has 0 amide bonds. The van der Waals surface area contributed by atoms with Gasteiger partial charge in [0.15, 0.2) is 11.6 Å². The van der Waals surface area contributed by atoms with Crippen LogP contribution in [-0.4, -0.2) is 18.1 Å². The van der Waals surface area contributed by atoms with Gasteiger partial charge in [0.05, 0.1) is 17.7 Å². The third-order valence-electron chi connectivity index (χ3n) is 2.59. The van der Waals surface area contributed by atoms with Crippen LogP contribution in [0.2, 0.25) is 5.02 Å². The zero-order valence-electron chi connectivity index (χ0n) is 10.8. The van der Waals surface area contributed by atoms with Crippen molar-refractivity contribution in [3.8, 4) is 5.75 Å². The van der Waals surface area contributed by atoms with Gasteiger partial charge in [0.2, 0.25) is 0 Å². The Labute approximate surface area is 121 Å². The minimum absolute atomic E-state index is 0.247. The minimum atomic E-state index is -0.393. The van der Waals surface area contributed by atoms with Gasteiger partial charge in [-0.3, -0.25) is 0 Å². The van der Waals surface area contributed by atoms with E-state index in [1.807, 2.05) is 6.07 Å². The predicted octanol–water partition coefficient (Wildman–Crippen LogP) is 2.68. The number of ether oxygens (including phenoxy) is 2. The zero-order chi connectivity index (χ0) is 14.5. The van der Waals surface area contributed by atoms with Crippen LogP contribution in [0.3, 0.4) is 0 Å². The molecule has 0 aliphatic heterocycles. The molecule has 0 atom stereocenters. The predicted molar refractivity (Wildman–Crippen MR) is 75.8 cm³/mol. The summed E-state index contributed by atoms with van der Waals surface area (Å²) in [5.41, 5.74) is 6.96. The molecule has 0 aliphatic rings. The highest BCUT2D eigenvalue weighted by Crippen LogP contribution is 2.23. The van der Waals surface area contributed by atoms with E-state index in [0.29, 0.717) is 16.3 Å². The number of nitrogen functional groups attached to an aromatic ring is 1. The Morgan fingerprint density at radius 1 is 1.40 bits per heavy atom. The number of carbonyl (C=O) groups is 1. The molecule has 1 heterocycles. The summed E-state index contributed by atoms with van der Waals surface area (Å²) in [6.07, 6.45) is 1.45. The van der Waals surface area contributed by atoms with E-state index in [-0.39, 0.29) is 12.4 Å². The fourth-order valence-electron chi connectivity index (χ4n) is 1.61. The molecule has 0 spiro atoms. The molecule has 0 aliphatic carbocycles. The maximum absolute atomic E-state index is 11.4. The quantitative estimate of drug-likeness (QED) is 0.877. The van der Waals surface area contributed by atoms with Crippen LogP contribution in [0, 0.1) is 0 Å². The van der Waals surface area contributed by atoms with E-state index in [0.717, 1.165) is 5.56 Å². The largest absolute Gasteiger partial charge is 0.485 e. The second kappa shape index (κ2) is 6.25. The molecule has 0 bridgehead atoms. The molecule has 0 saturated carbocycles. The van der Waals surface area contributed by atoms with Crippen LogP contribution in [0.4, 0.5) is 5.82 Å². The van der Waals surface area contributed by atoms with Crippen molar-refractivity contribution in [3.05, 3.63) is 52.7 Å². The summed E-state index contributed by atoms with van der Waals surface area (Å²) in [5, 5.41) is 0.442. The number of halogens is 1. The van der Waals surface area contributed by atoms with Crippen molar-refractivity contribution in [2.75, 3.05) is 12.8 Å². The van der Waals surface area contributed by atoms with Crippen molar-refractivity contribution in [2.24, 2.45) is 0 Å². The fraction of sp³-hybridized carbons (Fsp3) is 0.143. The minimum Gasteiger partial charge on any atom is -0.485 e. The summed E-state index contributed by atoms with van der Waals surface area (Å²) in [4.78, 5) is 15.3. The number of pyridine rings is 1. The van der Waals surface area contributed by atoms with E-state index in [9.17, 15) is 4.79 Å². The molecule has 0 unspecified atom stereocenters. The fourth-order valence-corrected chi connectivity index (χ4v) is 1.76. The molecule has 5 nitrogen and oxygen atoms in total. The Morgan fingerprint density at radius 2 is 2.20 bits per heavy atom. The maximum Gasteiger partial charge on any atom is 0.337 e. The van der Waals surface area contributed by atoms with E-state index < -0.39 is 5.97 Å². The monoisotopic (exact) mass is 292 g/mol. The van der Waals surface area contributed by atoms with Crippen LogP contribution in [0.5, 0.6) is 5.75 Å². The number of benzene rings is 1. The van der Waals surface area contributed by atoms with E-state index in [1.54, 1.807) is 24.3 Å². The first-order chi connectivity index (χ1) is 9.60. The Balaban J connectivity index is 2.11. The van der Waals surface area contributed by atoms with Crippen LogP contribution in [-0.2, 0) is 11.3 Å². The highest BCUT2D eigenvalue weighted by atomic mass is 35.5. The molecule has 2 N–H and O–H groups in total. The van der Waals surface area contributed by atoms with Crippen molar-refractivity contribution in [3.63, 3.8) is 0 Å². The van der Waals surface area contributed by atoms with Gasteiger partial charge in [-0.15, -0.1) is 0 Å². The van der Waals surface area contributed by atoms with Crippen LogP contribution >= 0.6 is 11.6 Å². The standard InChI is InChI=1S/C14H13ClN2O3/c1-19-14(18)10-4-2-3-9(5-10)8-20-12-6-11(15)7-17-13(12)16/h2-7H,8H2,1H3,(H2,16,17). The van der Waals surface area contributed by atoms with Gasteiger partial charge in [-0.2, -0.15) is 0 Å². The number of hydrogen-bond donors (Lipinski definition) is 1. The Kier molecular flexibility index (Phi) is 4.42. The summed E-state index contributed by atoms with van der Waals surface area (Å²) in [6.45, 7) is 0.247. The Morgan fingerprint density at radius 3 is 2.95 bits per heavy atom. The molecular weight excluding hydrogens is 280 g/mol. The van der Waals surface area contributed by atoms with Gasteiger partial charge >= 0.3 is 5.97 Å². The summed E-state index contributed by atoms with van der Waals surface area (Å²) in [6, 6.07) is 8.55. The van der Waals surface area contributed by atoms with Gasteiger partial charge in [-0.05, 0) is 17.7 Å². The molecule has 1 aromatic carbocycles. The van der Waals surface area contributed by atoms with Gasteiger partial charge in [-0.25, -0.2) is 9.78 Å². The summed E-state index contributed by atoms with van der Waals surface area (Å²) in [5.74, 6) is 0.273. The number of rotatable bonds is 4. The number of hydrogen-bond acceptors (Lipinski definition) is 5. The normalized spacial score (nSPS) is 10.1. The molecular formula is C14H13ClN2O3. The van der Waals surface area contributed by atoms with Crippen molar-refractivity contribution >= 4 is 23.4 Å². The number of aromatic nitrogens is 1. The lowest BCUT2D eigenvalue weighted by Gasteiger charge is -2.09. The average Bonchev–Trinajstić information content (AvgIpc) is 2.47. The lowest BCUT2D eigenvalue weighted by Crippen LogP contribution is -2.04. The third-order valence-corrected chi connectivity index (χ3v) is 2.80. The van der Waals surface area contributed by atoms with Crippen molar-refractivity contribution in [2.45, 2.75) is 6.61 Å². The van der Waals surface area contributed by atoms with Gasteiger partial charge in [0, 0.05) is 12.3 Å². The van der Waals surface area contributed by atoms with Crippen molar-refractivity contribution in [1.29, 1.82) is 0 Å². The molecule has 2 aromatic rings. The van der Waals surface area contributed by atoms with Gasteiger partial charge in [0.25, 0.3) is 0 Å². The van der Waals surface area contributed by atoms with Crippen LogP contribution in [0.15, 0.2) is 36.5 Å². The molecule has 0 radical (unpaired) electrons. The maximum atomic E-state index is 11.4. The Bertz CT molecular complexity index is 632. The summed E-state index contributed by atoms with van der Waals surface area (Å²) >= 11 is 5.82. The number of anilines is 1. The molecule has 6 heteroatoms. The first-order valence-electron chi connectivity index (χ1n) is 5.81. The first kappa shape index (κ1) is 14.1. The lowest BCUT2D eigenvalue weighted by molar-refractivity contribution is 0.0600. The van der Waals surface area contributed by atoms with E-state index in [2.05, 4.69) is 9.72 Å². The van der Waals surface area contributed by atoms with Gasteiger partial charge in [-0.1, -0.05) is 23.7 Å². The Hall–Kier alpha value is -2.27. The summed E-state index contributed by atoms with van der Waals surface area (Å²) in [7, 11) is 1.34. The zero-order valence-corrected chi connectivity index (χ0v) is 11.6. The van der Waals surface area contributed by atoms with E-state index >= 15 is 0 Å². The molecule has 20 heavy (non-hydrogen) atoms. The molecule has 0 saturated heterocycles. The summed E-state index contributed by atoms with van der Waals surface area (Å²) < 4.78 is 10.2. The van der Waals surface area contributed by atoms with Crippen molar-refractivity contribution in [1.82, 2.24) is 4.98 Å².